The number of amides is 1. The lowest BCUT2D eigenvalue weighted by atomic mass is 9.80. The molecule has 4 unspecified atom stereocenters. The van der Waals surface area contributed by atoms with E-state index in [1.807, 2.05) is 26.0 Å². The normalized spacial score (nSPS) is 18.9. The van der Waals surface area contributed by atoms with Crippen molar-refractivity contribution in [2.75, 3.05) is 24.1 Å². The van der Waals surface area contributed by atoms with Gasteiger partial charge in [0.1, 0.15) is 11.4 Å². The number of hydrogen-bond donors (Lipinski definition) is 4. The molecule has 1 aliphatic carbocycles. The number of phenols is 1. The summed E-state index contributed by atoms with van der Waals surface area (Å²) in [7, 11) is 1.45. The molecule has 0 spiro atoms. The van der Waals surface area contributed by atoms with Crippen LogP contribution in [0, 0.1) is 11.8 Å². The van der Waals surface area contributed by atoms with Crippen molar-refractivity contribution in [3.05, 3.63) is 81.9 Å². The van der Waals surface area contributed by atoms with Crippen molar-refractivity contribution in [2.24, 2.45) is 17.6 Å². The van der Waals surface area contributed by atoms with Crippen LogP contribution in [0.3, 0.4) is 0 Å². The molecule has 2 aromatic rings. The van der Waals surface area contributed by atoms with Crippen molar-refractivity contribution in [3.63, 3.8) is 0 Å². The molecule has 272 valence electrons. The first-order valence-electron chi connectivity index (χ1n) is 17.9. The van der Waals surface area contributed by atoms with Crippen LogP contribution >= 0.6 is 9.24 Å². The fourth-order valence-electron chi connectivity index (χ4n) is 6.89. The SMILES string of the molecule is CCC(C)=C(CCC(C)C(C)C(=O)/C=C/CN)C1=C(Nc2ccc(C3CCC3)cc2O)CCN(C(=O)c2cnc(C(F)(F)P)cc2N)C1CC. The van der Waals surface area contributed by atoms with Crippen LogP contribution in [-0.4, -0.2) is 45.8 Å². The molecule has 4 rings (SSSR count). The van der Waals surface area contributed by atoms with Crippen LogP contribution in [0.25, 0.3) is 0 Å². The first-order chi connectivity index (χ1) is 23.7. The minimum atomic E-state index is -3.28. The molecule has 1 amide bonds. The van der Waals surface area contributed by atoms with E-state index in [0.29, 0.717) is 44.0 Å². The van der Waals surface area contributed by atoms with E-state index in [4.69, 9.17) is 11.5 Å². The minimum absolute atomic E-state index is 0.0422. The Balaban J connectivity index is 1.76. The van der Waals surface area contributed by atoms with Gasteiger partial charge < -0.3 is 26.8 Å². The summed E-state index contributed by atoms with van der Waals surface area (Å²) in [6.45, 7) is 10.9. The first-order valence-corrected chi connectivity index (χ1v) is 18.4. The van der Waals surface area contributed by atoms with Crippen molar-refractivity contribution in [1.29, 1.82) is 0 Å². The van der Waals surface area contributed by atoms with Gasteiger partial charge >= 0.3 is 0 Å². The molecule has 1 fully saturated rings. The highest BCUT2D eigenvalue weighted by molar-refractivity contribution is 7.17. The monoisotopic (exact) mass is 709 g/mol. The third-order valence-corrected chi connectivity index (χ3v) is 10.9. The molecular weight excluding hydrogens is 655 g/mol. The van der Waals surface area contributed by atoms with Gasteiger partial charge in [0.2, 0.25) is 0 Å². The Labute approximate surface area is 298 Å². The van der Waals surface area contributed by atoms with E-state index in [0.717, 1.165) is 60.4 Å². The predicted octanol–water partition coefficient (Wildman–Crippen LogP) is 8.41. The Kier molecular flexibility index (Phi) is 13.4. The number of nitrogen functional groups attached to an aromatic ring is 1. The number of nitrogens with two attached hydrogens (primary N) is 2. The number of benzene rings is 1. The molecule has 8 nitrogen and oxygen atoms in total. The molecular formula is C39H54F2N5O3P. The highest BCUT2D eigenvalue weighted by Crippen LogP contribution is 2.42. The molecule has 4 atom stereocenters. The number of carbonyl (C=O) groups excluding carboxylic acids is 2. The summed E-state index contributed by atoms with van der Waals surface area (Å²) in [5.74, 6) is 0.202. The molecule has 6 N–H and O–H groups in total. The van der Waals surface area contributed by atoms with Gasteiger partial charge in [-0.2, -0.15) is 8.78 Å². The molecule has 0 saturated heterocycles. The van der Waals surface area contributed by atoms with Crippen molar-refractivity contribution in [2.45, 2.75) is 104 Å². The standard InChI is InChI=1S/C39H54F2N5O3P/c1-6-23(3)28(15-13-24(4)25(5)34(47)12-9-18-42)37-32(45-31-16-14-27(20-35(31)48)26-10-8-11-26)17-19-46(33(37)7-2)38(49)29-22-44-36(21-30(29)43)39(40,41)50/h9,12,14,16,20-22,24-26,33,45,48H,6-8,10-11,13,15,17-19,42,50H2,1-5H3,(H2,43,44)/b12-9+,28-23?. The van der Waals surface area contributed by atoms with E-state index in [9.17, 15) is 23.5 Å². The summed E-state index contributed by atoms with van der Waals surface area (Å²) in [5, 5.41) is 14.7. The summed E-state index contributed by atoms with van der Waals surface area (Å²) < 4.78 is 28.0. The van der Waals surface area contributed by atoms with Crippen molar-refractivity contribution in [3.8, 4) is 5.75 Å². The molecule has 1 aromatic carbocycles. The van der Waals surface area contributed by atoms with Crippen LogP contribution in [0.1, 0.15) is 114 Å². The molecule has 2 aliphatic rings. The number of hydrogen-bond acceptors (Lipinski definition) is 7. The lowest BCUT2D eigenvalue weighted by molar-refractivity contribution is -0.119. The Morgan fingerprint density at radius 1 is 1.22 bits per heavy atom. The molecule has 1 aromatic heterocycles. The number of anilines is 2. The summed E-state index contributed by atoms with van der Waals surface area (Å²) in [5.41, 5.74) is 13.9. The number of phenolic OH excluding ortho intramolecular Hbond substituents is 1. The molecule has 0 bridgehead atoms. The average molecular weight is 710 g/mol. The zero-order chi connectivity index (χ0) is 36.7. The highest BCUT2D eigenvalue weighted by atomic mass is 31.0. The summed E-state index contributed by atoms with van der Waals surface area (Å²) in [6.07, 6.45) is 11.1. The molecule has 1 aliphatic heterocycles. The lowest BCUT2D eigenvalue weighted by Gasteiger charge is -2.41. The Morgan fingerprint density at radius 3 is 2.50 bits per heavy atom. The highest BCUT2D eigenvalue weighted by Gasteiger charge is 2.36. The van der Waals surface area contributed by atoms with Crippen LogP contribution in [0.2, 0.25) is 0 Å². The number of nitrogens with zero attached hydrogens (tertiary/aromatic N) is 2. The van der Waals surface area contributed by atoms with Crippen LogP contribution in [-0.2, 0) is 10.5 Å². The lowest BCUT2D eigenvalue weighted by Crippen LogP contribution is -2.46. The first kappa shape index (κ1) is 39.2. The van der Waals surface area contributed by atoms with Gasteiger partial charge in [-0.1, -0.05) is 61.1 Å². The molecule has 2 heterocycles. The van der Waals surface area contributed by atoms with Gasteiger partial charge in [0.05, 0.1) is 17.3 Å². The van der Waals surface area contributed by atoms with Crippen LogP contribution < -0.4 is 16.8 Å². The van der Waals surface area contributed by atoms with E-state index in [1.54, 1.807) is 17.1 Å². The smallest absolute Gasteiger partial charge is 0.300 e. The zero-order valence-electron chi connectivity index (χ0n) is 30.1. The third-order valence-electron chi connectivity index (χ3n) is 10.6. The van der Waals surface area contributed by atoms with E-state index in [2.05, 4.69) is 37.1 Å². The second-order valence-corrected chi connectivity index (χ2v) is 14.6. The Bertz CT molecular complexity index is 1650. The second-order valence-electron chi connectivity index (χ2n) is 13.8. The number of allylic oxidation sites excluding steroid dienone is 2. The second kappa shape index (κ2) is 17.1. The number of aromatic hydroxyl groups is 1. The van der Waals surface area contributed by atoms with Gasteiger partial charge in [-0.05, 0) is 98.3 Å². The Morgan fingerprint density at radius 2 is 1.94 bits per heavy atom. The number of nitrogens with one attached hydrogen (secondary N) is 1. The van der Waals surface area contributed by atoms with Gasteiger partial charge in [0.25, 0.3) is 11.6 Å². The van der Waals surface area contributed by atoms with Gasteiger partial charge in [0.15, 0.2) is 5.78 Å². The third kappa shape index (κ3) is 8.99. The van der Waals surface area contributed by atoms with Gasteiger partial charge in [-0.3, -0.25) is 14.6 Å². The minimum Gasteiger partial charge on any atom is -0.506 e. The summed E-state index contributed by atoms with van der Waals surface area (Å²) in [4.78, 5) is 32.6. The van der Waals surface area contributed by atoms with Crippen molar-refractivity contribution < 1.29 is 23.5 Å². The van der Waals surface area contributed by atoms with E-state index in [1.165, 1.54) is 21.2 Å². The Hall–Kier alpha value is -3.62. The number of carbonyl (C=O) groups is 2. The summed E-state index contributed by atoms with van der Waals surface area (Å²) in [6, 6.07) is 6.54. The molecule has 0 radical (unpaired) electrons. The van der Waals surface area contributed by atoms with E-state index < -0.39 is 11.4 Å². The van der Waals surface area contributed by atoms with Gasteiger partial charge in [-0.15, -0.1) is 0 Å². The quantitative estimate of drug-likeness (QED) is 0.0829. The van der Waals surface area contributed by atoms with E-state index in [-0.39, 0.29) is 46.6 Å². The fraction of sp³-hybridized carbons (Fsp3) is 0.513. The molecule has 11 heteroatoms. The number of pyridine rings is 1. The number of ketones is 1. The maximum Gasteiger partial charge on any atom is 0.300 e. The number of rotatable bonds is 15. The maximum atomic E-state index is 14.2. The number of aromatic nitrogens is 1. The van der Waals surface area contributed by atoms with E-state index >= 15 is 0 Å². The fourth-order valence-corrected chi connectivity index (χ4v) is 7.05. The summed E-state index contributed by atoms with van der Waals surface area (Å²) >= 11 is 0. The maximum absolute atomic E-state index is 14.2. The molecule has 1 saturated carbocycles. The number of alkyl halides is 2. The molecule has 50 heavy (non-hydrogen) atoms. The van der Waals surface area contributed by atoms with Crippen molar-refractivity contribution in [1.82, 2.24) is 9.88 Å². The van der Waals surface area contributed by atoms with Crippen LogP contribution in [0.15, 0.2) is 65.0 Å². The van der Waals surface area contributed by atoms with Crippen LogP contribution in [0.4, 0.5) is 20.2 Å². The van der Waals surface area contributed by atoms with Crippen LogP contribution in [0.5, 0.6) is 5.75 Å². The largest absolute Gasteiger partial charge is 0.506 e. The predicted molar refractivity (Wildman–Crippen MR) is 201 cm³/mol. The van der Waals surface area contributed by atoms with Gasteiger partial charge in [0, 0.05) is 43.0 Å². The number of halogens is 2. The average Bonchev–Trinajstić information content (AvgIpc) is 3.06. The van der Waals surface area contributed by atoms with Crippen molar-refractivity contribution >= 4 is 32.3 Å². The zero-order valence-corrected chi connectivity index (χ0v) is 31.2. The topological polar surface area (TPSA) is 135 Å². The van der Waals surface area contributed by atoms with Gasteiger partial charge in [-0.25, -0.2) is 0 Å².